The third-order valence-electron chi connectivity index (χ3n) is 2.74. The highest BCUT2D eigenvalue weighted by Crippen LogP contribution is 2.08. The summed E-state index contributed by atoms with van der Waals surface area (Å²) < 4.78 is 4.81. The number of aryl methyl sites for hydroxylation is 1. The molecule has 0 aliphatic heterocycles. The lowest BCUT2D eigenvalue weighted by atomic mass is 10.1. The molecule has 0 aromatic heterocycles. The van der Waals surface area contributed by atoms with Crippen LogP contribution in [0.4, 0.5) is 9.59 Å². The highest BCUT2D eigenvalue weighted by molar-refractivity contribution is 5.91. The summed E-state index contributed by atoms with van der Waals surface area (Å²) in [4.78, 5) is 24.5. The topological polar surface area (TPSA) is 84.7 Å². The van der Waals surface area contributed by atoms with Gasteiger partial charge in [0.05, 0.1) is 6.61 Å². The summed E-state index contributed by atoms with van der Waals surface area (Å²) in [7, 11) is 0. The van der Waals surface area contributed by atoms with Crippen molar-refractivity contribution in [2.45, 2.75) is 13.8 Å². The molecule has 0 fully saturated rings. The van der Waals surface area contributed by atoms with Crippen molar-refractivity contribution in [1.82, 2.24) is 10.2 Å². The Bertz CT molecular complexity index is 515. The fraction of sp³-hybridized carbons (Fsp3) is 0.333. The van der Waals surface area contributed by atoms with Crippen LogP contribution in [-0.4, -0.2) is 36.7 Å². The molecule has 0 unspecified atom stereocenters. The Labute approximate surface area is 124 Å². The quantitative estimate of drug-likeness (QED) is 0.870. The Morgan fingerprint density at radius 1 is 1.38 bits per heavy atom. The molecule has 0 spiro atoms. The van der Waals surface area contributed by atoms with E-state index in [-0.39, 0.29) is 19.7 Å². The first-order chi connectivity index (χ1) is 10.1. The lowest BCUT2D eigenvalue weighted by molar-refractivity contribution is 0.116. The molecule has 1 aromatic rings. The number of urea groups is 1. The highest BCUT2D eigenvalue weighted by atomic mass is 16.6. The number of rotatable bonds is 5. The van der Waals surface area contributed by atoms with Gasteiger partial charge in [-0.25, -0.2) is 14.5 Å². The molecule has 0 radical (unpaired) electrons. The highest BCUT2D eigenvalue weighted by Gasteiger charge is 2.20. The largest absolute Gasteiger partial charge is 0.449 e. The number of amides is 3. The molecule has 0 atom stereocenters. The molecule has 3 amide bonds. The molecule has 0 bridgehead atoms. The molecule has 0 heterocycles. The smallest absolute Gasteiger partial charge is 0.418 e. The second-order valence-corrected chi connectivity index (χ2v) is 4.28. The number of carbonyl (C=O) groups excluding carboxylic acids is 2. The molecule has 3 N–H and O–H groups in total. The minimum atomic E-state index is -0.704. The zero-order valence-corrected chi connectivity index (χ0v) is 12.3. The number of ether oxygens (including phenoxy) is 1. The van der Waals surface area contributed by atoms with Crippen LogP contribution in [0, 0.1) is 6.92 Å². The number of carbonyl (C=O) groups is 2. The zero-order valence-electron chi connectivity index (χ0n) is 12.3. The lowest BCUT2D eigenvalue weighted by Gasteiger charge is -2.18. The van der Waals surface area contributed by atoms with Gasteiger partial charge in [0.15, 0.2) is 0 Å². The van der Waals surface area contributed by atoms with Crippen LogP contribution in [0.25, 0.3) is 6.08 Å². The predicted octanol–water partition coefficient (Wildman–Crippen LogP) is 2.09. The van der Waals surface area contributed by atoms with Gasteiger partial charge in [-0.1, -0.05) is 24.3 Å². The summed E-state index contributed by atoms with van der Waals surface area (Å²) in [6.45, 7) is 4.12. The van der Waals surface area contributed by atoms with Gasteiger partial charge in [-0.15, -0.1) is 0 Å². The van der Waals surface area contributed by atoms with Crippen molar-refractivity contribution in [2.24, 2.45) is 5.73 Å². The first-order valence-electron chi connectivity index (χ1n) is 6.77. The summed E-state index contributed by atoms with van der Waals surface area (Å²) in [5.74, 6) is 0. The van der Waals surface area contributed by atoms with Crippen LogP contribution < -0.4 is 11.1 Å². The van der Waals surface area contributed by atoms with Crippen LogP contribution in [0.2, 0.25) is 0 Å². The zero-order chi connectivity index (χ0) is 15.7. The molecule has 0 saturated carbocycles. The SMILES string of the molecule is CCOC(=O)N(CCN)C(=O)N/C=C/c1ccccc1C. The third kappa shape index (κ3) is 5.27. The summed E-state index contributed by atoms with van der Waals surface area (Å²) >= 11 is 0. The van der Waals surface area contributed by atoms with E-state index in [2.05, 4.69) is 5.32 Å². The van der Waals surface area contributed by atoms with Crippen molar-refractivity contribution in [3.8, 4) is 0 Å². The van der Waals surface area contributed by atoms with Crippen molar-refractivity contribution < 1.29 is 14.3 Å². The van der Waals surface area contributed by atoms with Gasteiger partial charge in [0.1, 0.15) is 0 Å². The fourth-order valence-electron chi connectivity index (χ4n) is 1.66. The van der Waals surface area contributed by atoms with E-state index in [1.54, 1.807) is 13.0 Å². The molecule has 114 valence electrons. The summed E-state index contributed by atoms with van der Waals surface area (Å²) in [6.07, 6.45) is 2.55. The monoisotopic (exact) mass is 291 g/mol. The molecule has 6 heteroatoms. The molecular formula is C15H21N3O3. The predicted molar refractivity (Wildman–Crippen MR) is 81.5 cm³/mol. The van der Waals surface area contributed by atoms with Crippen LogP contribution in [0.1, 0.15) is 18.1 Å². The Morgan fingerprint density at radius 2 is 2.10 bits per heavy atom. The second-order valence-electron chi connectivity index (χ2n) is 4.28. The van der Waals surface area contributed by atoms with Crippen LogP contribution >= 0.6 is 0 Å². The van der Waals surface area contributed by atoms with Crippen LogP contribution in [-0.2, 0) is 4.74 Å². The van der Waals surface area contributed by atoms with E-state index in [1.165, 1.54) is 6.20 Å². The minimum Gasteiger partial charge on any atom is -0.449 e. The van der Waals surface area contributed by atoms with E-state index < -0.39 is 12.1 Å². The average molecular weight is 291 g/mol. The first-order valence-corrected chi connectivity index (χ1v) is 6.77. The number of benzene rings is 1. The minimum absolute atomic E-state index is 0.100. The Hall–Kier alpha value is -2.34. The summed E-state index contributed by atoms with van der Waals surface area (Å²) in [6, 6.07) is 7.19. The van der Waals surface area contributed by atoms with Gasteiger partial charge in [0, 0.05) is 19.3 Å². The van der Waals surface area contributed by atoms with E-state index in [1.807, 2.05) is 31.2 Å². The normalized spacial score (nSPS) is 10.4. The van der Waals surface area contributed by atoms with Gasteiger partial charge in [0.2, 0.25) is 0 Å². The first kappa shape index (κ1) is 16.7. The van der Waals surface area contributed by atoms with Crippen molar-refractivity contribution in [3.05, 3.63) is 41.6 Å². The molecule has 6 nitrogen and oxygen atoms in total. The Balaban J connectivity index is 2.65. The van der Waals surface area contributed by atoms with Gasteiger partial charge >= 0.3 is 12.1 Å². The number of nitrogens with one attached hydrogen (secondary N) is 1. The molecule has 0 aliphatic carbocycles. The second kappa shape index (κ2) is 8.76. The van der Waals surface area contributed by atoms with Gasteiger partial charge < -0.3 is 15.8 Å². The molecule has 21 heavy (non-hydrogen) atoms. The van der Waals surface area contributed by atoms with Crippen molar-refractivity contribution in [3.63, 3.8) is 0 Å². The summed E-state index contributed by atoms with van der Waals surface area (Å²) in [5.41, 5.74) is 7.47. The van der Waals surface area contributed by atoms with Crippen LogP contribution in [0.15, 0.2) is 30.5 Å². The summed E-state index contributed by atoms with van der Waals surface area (Å²) in [5, 5.41) is 2.53. The maximum Gasteiger partial charge on any atom is 0.418 e. The number of imide groups is 1. The van der Waals surface area contributed by atoms with Crippen LogP contribution in [0.3, 0.4) is 0 Å². The van der Waals surface area contributed by atoms with Gasteiger partial charge in [-0.05, 0) is 31.1 Å². The molecular weight excluding hydrogens is 270 g/mol. The fourth-order valence-corrected chi connectivity index (χ4v) is 1.66. The van der Waals surface area contributed by atoms with Crippen molar-refractivity contribution >= 4 is 18.2 Å². The third-order valence-corrected chi connectivity index (χ3v) is 2.74. The van der Waals surface area contributed by atoms with Crippen LogP contribution in [0.5, 0.6) is 0 Å². The van der Waals surface area contributed by atoms with E-state index in [9.17, 15) is 9.59 Å². The number of nitrogens with two attached hydrogens (primary N) is 1. The number of nitrogens with zero attached hydrogens (tertiary/aromatic N) is 1. The van der Waals surface area contributed by atoms with Crippen molar-refractivity contribution in [2.75, 3.05) is 19.7 Å². The molecule has 1 aromatic carbocycles. The maximum absolute atomic E-state index is 11.9. The van der Waals surface area contributed by atoms with E-state index in [0.29, 0.717) is 0 Å². The molecule has 0 saturated heterocycles. The van der Waals surface area contributed by atoms with Crippen molar-refractivity contribution in [1.29, 1.82) is 0 Å². The molecule has 0 aliphatic rings. The maximum atomic E-state index is 11.9. The number of hydrogen-bond acceptors (Lipinski definition) is 4. The Morgan fingerprint density at radius 3 is 2.71 bits per heavy atom. The van der Waals surface area contributed by atoms with E-state index in [0.717, 1.165) is 16.0 Å². The average Bonchev–Trinajstić information content (AvgIpc) is 2.46. The van der Waals surface area contributed by atoms with E-state index in [4.69, 9.17) is 10.5 Å². The Kier molecular flexibility index (Phi) is 6.97. The van der Waals surface area contributed by atoms with Gasteiger partial charge in [0.25, 0.3) is 0 Å². The lowest BCUT2D eigenvalue weighted by Crippen LogP contribution is -2.44. The van der Waals surface area contributed by atoms with E-state index >= 15 is 0 Å². The standard InChI is InChI=1S/C15H21N3O3/c1-3-21-15(20)18(11-9-16)14(19)17-10-8-13-7-5-4-6-12(13)2/h4-8,10H,3,9,11,16H2,1-2H3,(H,17,19)/b10-8+. The van der Waals surface area contributed by atoms with Gasteiger partial charge in [-0.3, -0.25) is 0 Å². The van der Waals surface area contributed by atoms with Gasteiger partial charge in [-0.2, -0.15) is 0 Å². The molecule has 1 rings (SSSR count). The number of hydrogen-bond donors (Lipinski definition) is 2.